The Bertz CT molecular complexity index is 725. The van der Waals surface area contributed by atoms with Crippen LogP contribution in [-0.4, -0.2) is 53.8 Å². The molecule has 0 spiro atoms. The summed E-state index contributed by atoms with van der Waals surface area (Å²) in [5, 5.41) is 0. The standard InChI is InChI=1S/C22H30N2O4/c1-16(2)15-22(27-13-14-28-22)12-8-11-19(25)24-20(17(3)23(4)21(24)26)18-9-6-5-7-10-18/h5-11,16-17,20H,12-15H2,1-4H3/b11-8+/t17-,20-/m0/s1. The maximum absolute atomic E-state index is 12.9. The normalized spacial score (nSPS) is 24.7. The van der Waals surface area contributed by atoms with Gasteiger partial charge in [0.1, 0.15) is 0 Å². The number of carbonyl (C=O) groups excluding carboxylic acids is 2. The monoisotopic (exact) mass is 386 g/mol. The Morgan fingerprint density at radius 3 is 2.50 bits per heavy atom. The number of ether oxygens (including phenoxy) is 2. The van der Waals surface area contributed by atoms with Gasteiger partial charge in [0.15, 0.2) is 5.79 Å². The quantitative estimate of drug-likeness (QED) is 0.699. The summed E-state index contributed by atoms with van der Waals surface area (Å²) in [6.07, 6.45) is 4.50. The topological polar surface area (TPSA) is 59.1 Å². The molecule has 0 aromatic heterocycles. The predicted octanol–water partition coefficient (Wildman–Crippen LogP) is 3.75. The molecule has 1 aromatic rings. The van der Waals surface area contributed by atoms with Gasteiger partial charge in [-0.2, -0.15) is 0 Å². The maximum Gasteiger partial charge on any atom is 0.327 e. The van der Waals surface area contributed by atoms with Crippen LogP contribution in [0.25, 0.3) is 0 Å². The summed E-state index contributed by atoms with van der Waals surface area (Å²) in [6.45, 7) is 7.33. The summed E-state index contributed by atoms with van der Waals surface area (Å²) < 4.78 is 11.7. The third kappa shape index (κ3) is 4.13. The fraction of sp³-hybridized carbons (Fsp3) is 0.545. The van der Waals surface area contributed by atoms with Crippen LogP contribution >= 0.6 is 0 Å². The second-order valence-electron chi connectivity index (χ2n) is 8.01. The van der Waals surface area contributed by atoms with Gasteiger partial charge in [-0.15, -0.1) is 0 Å². The van der Waals surface area contributed by atoms with Crippen molar-refractivity contribution in [2.24, 2.45) is 5.92 Å². The zero-order chi connectivity index (χ0) is 20.3. The molecule has 0 aliphatic carbocycles. The number of nitrogens with zero attached hydrogens (tertiary/aromatic N) is 2. The van der Waals surface area contributed by atoms with E-state index in [1.54, 1.807) is 18.0 Å². The average molecular weight is 386 g/mol. The third-order valence-corrected chi connectivity index (χ3v) is 5.45. The van der Waals surface area contributed by atoms with Crippen LogP contribution in [0.4, 0.5) is 4.79 Å². The number of hydrogen-bond donors (Lipinski definition) is 0. The number of urea groups is 1. The maximum atomic E-state index is 12.9. The number of likely N-dealkylation sites (N-methyl/N-ethyl adjacent to an activating group) is 1. The molecule has 3 rings (SSSR count). The van der Waals surface area contributed by atoms with Crippen molar-refractivity contribution in [2.45, 2.75) is 51.5 Å². The van der Waals surface area contributed by atoms with Gasteiger partial charge in [-0.1, -0.05) is 50.3 Å². The Morgan fingerprint density at radius 1 is 1.25 bits per heavy atom. The van der Waals surface area contributed by atoms with Crippen molar-refractivity contribution < 1.29 is 19.1 Å². The van der Waals surface area contributed by atoms with Gasteiger partial charge in [0.25, 0.3) is 5.91 Å². The summed E-state index contributed by atoms with van der Waals surface area (Å²) >= 11 is 0. The number of carbonyl (C=O) groups is 2. The first kappa shape index (κ1) is 20.6. The van der Waals surface area contributed by atoms with Crippen LogP contribution in [0.3, 0.4) is 0 Å². The van der Waals surface area contributed by atoms with E-state index in [0.29, 0.717) is 25.6 Å². The molecule has 0 saturated carbocycles. The molecule has 1 aromatic carbocycles. The van der Waals surface area contributed by atoms with E-state index in [2.05, 4.69) is 13.8 Å². The van der Waals surface area contributed by atoms with Crippen molar-refractivity contribution in [3.8, 4) is 0 Å². The lowest BCUT2D eigenvalue weighted by atomic mass is 9.99. The molecular weight excluding hydrogens is 356 g/mol. The first-order valence-corrected chi connectivity index (χ1v) is 9.94. The van der Waals surface area contributed by atoms with E-state index < -0.39 is 5.79 Å². The van der Waals surface area contributed by atoms with Crippen molar-refractivity contribution in [3.05, 3.63) is 48.0 Å². The van der Waals surface area contributed by atoms with Gasteiger partial charge in [0.05, 0.1) is 25.3 Å². The summed E-state index contributed by atoms with van der Waals surface area (Å²) in [6, 6.07) is 9.00. The average Bonchev–Trinajstić information content (AvgIpc) is 3.20. The van der Waals surface area contributed by atoms with Crippen LogP contribution < -0.4 is 0 Å². The number of amides is 3. The second-order valence-corrected chi connectivity index (χ2v) is 8.01. The highest BCUT2D eigenvalue weighted by Gasteiger charge is 2.45. The smallest absolute Gasteiger partial charge is 0.327 e. The number of benzene rings is 1. The third-order valence-electron chi connectivity index (χ3n) is 5.45. The van der Waals surface area contributed by atoms with Crippen LogP contribution in [0, 0.1) is 5.92 Å². The van der Waals surface area contributed by atoms with Crippen molar-refractivity contribution in [1.82, 2.24) is 9.80 Å². The highest BCUT2D eigenvalue weighted by atomic mass is 16.7. The zero-order valence-electron chi connectivity index (χ0n) is 17.1. The molecule has 0 unspecified atom stereocenters. The van der Waals surface area contributed by atoms with Crippen molar-refractivity contribution in [3.63, 3.8) is 0 Å². The molecule has 6 heteroatoms. The van der Waals surface area contributed by atoms with Crippen LogP contribution in [-0.2, 0) is 14.3 Å². The van der Waals surface area contributed by atoms with Crippen LogP contribution in [0.15, 0.2) is 42.5 Å². The number of hydrogen-bond acceptors (Lipinski definition) is 4. The Balaban J connectivity index is 1.76. The lowest BCUT2D eigenvalue weighted by Gasteiger charge is -2.28. The molecule has 2 heterocycles. The molecule has 2 saturated heterocycles. The Kier molecular flexibility index (Phi) is 6.20. The molecule has 2 atom stereocenters. The summed E-state index contributed by atoms with van der Waals surface area (Å²) in [4.78, 5) is 28.6. The molecule has 2 aliphatic heterocycles. The molecule has 0 bridgehead atoms. The van der Waals surface area contributed by atoms with Gasteiger partial charge < -0.3 is 14.4 Å². The first-order valence-electron chi connectivity index (χ1n) is 9.94. The van der Waals surface area contributed by atoms with Crippen molar-refractivity contribution >= 4 is 11.9 Å². The number of rotatable bonds is 6. The van der Waals surface area contributed by atoms with E-state index in [4.69, 9.17) is 9.47 Å². The fourth-order valence-electron chi connectivity index (χ4n) is 4.06. The zero-order valence-corrected chi connectivity index (χ0v) is 17.1. The largest absolute Gasteiger partial charge is 0.347 e. The van der Waals surface area contributed by atoms with E-state index in [1.165, 1.54) is 11.0 Å². The van der Waals surface area contributed by atoms with Gasteiger partial charge >= 0.3 is 6.03 Å². The van der Waals surface area contributed by atoms with E-state index in [9.17, 15) is 9.59 Å². The van der Waals surface area contributed by atoms with E-state index in [-0.39, 0.29) is 24.0 Å². The van der Waals surface area contributed by atoms with Crippen molar-refractivity contribution in [2.75, 3.05) is 20.3 Å². The molecule has 28 heavy (non-hydrogen) atoms. The molecule has 152 valence electrons. The first-order chi connectivity index (χ1) is 13.3. The van der Waals surface area contributed by atoms with Gasteiger partial charge in [-0.25, -0.2) is 4.79 Å². The van der Waals surface area contributed by atoms with Gasteiger partial charge in [-0.3, -0.25) is 9.69 Å². The molecule has 2 aliphatic rings. The number of imide groups is 1. The minimum absolute atomic E-state index is 0.0963. The SMILES string of the molecule is CC(C)CC1(C/C=C/C(=O)N2C(=O)N(C)[C@@H](C)[C@H]2c2ccccc2)OCCO1. The Labute approximate surface area is 167 Å². The molecule has 6 nitrogen and oxygen atoms in total. The Hall–Kier alpha value is -2.18. The van der Waals surface area contributed by atoms with Gasteiger partial charge in [0.2, 0.25) is 0 Å². The molecule has 3 amide bonds. The fourth-order valence-corrected chi connectivity index (χ4v) is 4.06. The molecule has 2 fully saturated rings. The molecule has 0 N–H and O–H groups in total. The van der Waals surface area contributed by atoms with Gasteiger partial charge in [0, 0.05) is 19.9 Å². The summed E-state index contributed by atoms with van der Waals surface area (Å²) in [5.41, 5.74) is 0.952. The van der Waals surface area contributed by atoms with Crippen molar-refractivity contribution in [1.29, 1.82) is 0 Å². The summed E-state index contributed by atoms with van der Waals surface area (Å²) in [7, 11) is 1.73. The molecular formula is C22H30N2O4. The molecule has 0 radical (unpaired) electrons. The lowest BCUT2D eigenvalue weighted by molar-refractivity contribution is -0.165. The van der Waals surface area contributed by atoms with Crippen LogP contribution in [0.1, 0.15) is 45.2 Å². The second kappa shape index (κ2) is 8.45. The van der Waals surface area contributed by atoms with E-state index in [1.807, 2.05) is 37.3 Å². The highest BCUT2D eigenvalue weighted by molar-refractivity contribution is 6.02. The highest BCUT2D eigenvalue weighted by Crippen LogP contribution is 2.35. The van der Waals surface area contributed by atoms with Crippen LogP contribution in [0.5, 0.6) is 0 Å². The van der Waals surface area contributed by atoms with Gasteiger partial charge in [-0.05, 0) is 24.5 Å². The lowest BCUT2D eigenvalue weighted by Crippen LogP contribution is -2.35. The van der Waals surface area contributed by atoms with Crippen LogP contribution in [0.2, 0.25) is 0 Å². The minimum Gasteiger partial charge on any atom is -0.347 e. The van der Waals surface area contributed by atoms with E-state index >= 15 is 0 Å². The Morgan fingerprint density at radius 2 is 1.89 bits per heavy atom. The van der Waals surface area contributed by atoms with E-state index in [0.717, 1.165) is 12.0 Å². The predicted molar refractivity (Wildman–Crippen MR) is 106 cm³/mol. The summed E-state index contributed by atoms with van der Waals surface area (Å²) in [5.74, 6) is -0.560. The minimum atomic E-state index is -0.664.